The van der Waals surface area contributed by atoms with Crippen molar-refractivity contribution >= 4 is 5.91 Å². The molecule has 1 aliphatic heterocycles. The van der Waals surface area contributed by atoms with E-state index < -0.39 is 5.41 Å². The second kappa shape index (κ2) is 6.35. The maximum absolute atomic E-state index is 13.1. The van der Waals surface area contributed by atoms with Crippen molar-refractivity contribution in [2.24, 2.45) is 11.3 Å². The van der Waals surface area contributed by atoms with Crippen molar-refractivity contribution in [2.75, 3.05) is 13.2 Å². The molecular weight excluding hydrogens is 257 g/mol. The summed E-state index contributed by atoms with van der Waals surface area (Å²) in [7, 11) is 0. The number of halogens is 1. The Morgan fingerprint density at radius 3 is 2.75 bits per heavy atom. The Morgan fingerprint density at radius 1 is 1.40 bits per heavy atom. The van der Waals surface area contributed by atoms with Crippen molar-refractivity contribution in [3.63, 3.8) is 0 Å². The number of amides is 1. The molecule has 3 nitrogen and oxygen atoms in total. The molecule has 0 aliphatic carbocycles. The molecule has 0 spiro atoms. The summed E-state index contributed by atoms with van der Waals surface area (Å²) in [5.74, 6) is 0.0814. The van der Waals surface area contributed by atoms with Crippen LogP contribution in [0.1, 0.15) is 32.3 Å². The molecule has 0 aromatic heterocycles. The third kappa shape index (κ3) is 3.57. The summed E-state index contributed by atoms with van der Waals surface area (Å²) in [5.41, 5.74) is 0.359. The maximum Gasteiger partial charge on any atom is 0.226 e. The molecular formula is C16H22FNO2. The van der Waals surface area contributed by atoms with Crippen molar-refractivity contribution in [2.45, 2.75) is 33.2 Å². The number of rotatable bonds is 4. The first kappa shape index (κ1) is 15.0. The molecule has 1 saturated heterocycles. The minimum Gasteiger partial charge on any atom is -0.381 e. The van der Waals surface area contributed by atoms with Crippen molar-refractivity contribution < 1.29 is 13.9 Å². The quantitative estimate of drug-likeness (QED) is 0.920. The van der Waals surface area contributed by atoms with Crippen molar-refractivity contribution in [1.29, 1.82) is 0 Å². The molecule has 1 aliphatic rings. The lowest BCUT2D eigenvalue weighted by molar-refractivity contribution is -0.134. The summed E-state index contributed by atoms with van der Waals surface area (Å²) in [4.78, 5) is 12.4. The number of benzene rings is 1. The minimum atomic E-state index is -0.420. The Bertz CT molecular complexity index is 467. The molecule has 2 rings (SSSR count). The van der Waals surface area contributed by atoms with E-state index in [9.17, 15) is 9.18 Å². The molecule has 0 atom stereocenters. The molecule has 110 valence electrons. The third-order valence-corrected chi connectivity index (χ3v) is 4.17. The highest BCUT2D eigenvalue weighted by Crippen LogP contribution is 2.34. The number of hydrogen-bond acceptors (Lipinski definition) is 2. The van der Waals surface area contributed by atoms with Crippen LogP contribution in [0.3, 0.4) is 0 Å². The molecule has 1 amide bonds. The van der Waals surface area contributed by atoms with Crippen LogP contribution < -0.4 is 5.32 Å². The van der Waals surface area contributed by atoms with E-state index in [1.807, 2.05) is 19.9 Å². The van der Waals surface area contributed by atoms with Crippen LogP contribution in [0, 0.1) is 17.2 Å². The molecule has 20 heavy (non-hydrogen) atoms. The van der Waals surface area contributed by atoms with Gasteiger partial charge in [0.25, 0.3) is 0 Å². The number of ether oxygens (including phenoxy) is 1. The first-order valence-corrected chi connectivity index (χ1v) is 7.10. The number of carbonyl (C=O) groups is 1. The van der Waals surface area contributed by atoms with Crippen LogP contribution in [0.15, 0.2) is 24.3 Å². The second-order valence-electron chi connectivity index (χ2n) is 5.92. The van der Waals surface area contributed by atoms with Crippen molar-refractivity contribution in [3.8, 4) is 0 Å². The third-order valence-electron chi connectivity index (χ3n) is 4.17. The van der Waals surface area contributed by atoms with Gasteiger partial charge in [0.2, 0.25) is 5.91 Å². The average molecular weight is 279 g/mol. The summed E-state index contributed by atoms with van der Waals surface area (Å²) in [5, 5.41) is 2.92. The Kier molecular flexibility index (Phi) is 4.76. The fourth-order valence-corrected chi connectivity index (χ4v) is 2.66. The minimum absolute atomic E-state index is 0.0219. The van der Waals surface area contributed by atoms with Gasteiger partial charge < -0.3 is 10.1 Å². The standard InChI is InChI=1S/C16H22FNO2/c1-16(2,13-6-8-20-9-7-13)15(19)18-11-12-4-3-5-14(17)10-12/h3-5,10,13H,6-9,11H2,1-2H3,(H,18,19). The fourth-order valence-electron chi connectivity index (χ4n) is 2.66. The van der Waals surface area contributed by atoms with Gasteiger partial charge in [-0.15, -0.1) is 0 Å². The zero-order valence-electron chi connectivity index (χ0n) is 12.1. The van der Waals surface area contributed by atoms with Crippen LogP contribution in [-0.4, -0.2) is 19.1 Å². The van der Waals surface area contributed by atoms with E-state index >= 15 is 0 Å². The highest BCUT2D eigenvalue weighted by molar-refractivity contribution is 5.82. The van der Waals surface area contributed by atoms with Crippen LogP contribution in [0.2, 0.25) is 0 Å². The predicted octanol–water partition coefficient (Wildman–Crippen LogP) is 2.89. The van der Waals surface area contributed by atoms with Crippen LogP contribution >= 0.6 is 0 Å². The summed E-state index contributed by atoms with van der Waals surface area (Å²) in [6.07, 6.45) is 1.83. The van der Waals surface area contributed by atoms with Gasteiger partial charge in [0.1, 0.15) is 5.82 Å². The maximum atomic E-state index is 13.1. The van der Waals surface area contributed by atoms with Gasteiger partial charge in [-0.05, 0) is 36.5 Å². The topological polar surface area (TPSA) is 38.3 Å². The highest BCUT2D eigenvalue weighted by Gasteiger charge is 2.37. The lowest BCUT2D eigenvalue weighted by Crippen LogP contribution is -2.43. The van der Waals surface area contributed by atoms with Crippen LogP contribution in [0.5, 0.6) is 0 Å². The molecule has 4 heteroatoms. The van der Waals surface area contributed by atoms with E-state index in [2.05, 4.69) is 5.32 Å². The summed E-state index contributed by atoms with van der Waals surface area (Å²) >= 11 is 0. The fraction of sp³-hybridized carbons (Fsp3) is 0.562. The molecule has 0 unspecified atom stereocenters. The van der Waals surface area contributed by atoms with Crippen molar-refractivity contribution in [3.05, 3.63) is 35.6 Å². The van der Waals surface area contributed by atoms with E-state index in [0.717, 1.165) is 31.6 Å². The SMILES string of the molecule is CC(C)(C(=O)NCc1cccc(F)c1)C1CCOCC1. The Labute approximate surface area is 119 Å². The largest absolute Gasteiger partial charge is 0.381 e. The Hall–Kier alpha value is -1.42. The predicted molar refractivity (Wildman–Crippen MR) is 75.6 cm³/mol. The molecule has 1 aromatic rings. The number of hydrogen-bond donors (Lipinski definition) is 1. The number of carbonyl (C=O) groups excluding carboxylic acids is 1. The molecule has 1 heterocycles. The zero-order chi connectivity index (χ0) is 14.6. The zero-order valence-corrected chi connectivity index (χ0v) is 12.1. The second-order valence-corrected chi connectivity index (χ2v) is 5.92. The van der Waals surface area contributed by atoms with Crippen LogP contribution in [0.4, 0.5) is 4.39 Å². The normalized spacial score (nSPS) is 16.9. The molecule has 1 N–H and O–H groups in total. The van der Waals surface area contributed by atoms with Gasteiger partial charge in [-0.2, -0.15) is 0 Å². The lowest BCUT2D eigenvalue weighted by Gasteiger charge is -2.35. The molecule has 1 fully saturated rings. The molecule has 0 radical (unpaired) electrons. The lowest BCUT2D eigenvalue weighted by atomic mass is 9.74. The van der Waals surface area contributed by atoms with E-state index in [1.54, 1.807) is 6.07 Å². The molecule has 1 aromatic carbocycles. The summed E-state index contributed by atoms with van der Waals surface area (Å²) in [6, 6.07) is 6.31. The Balaban J connectivity index is 1.93. The molecule has 0 bridgehead atoms. The average Bonchev–Trinajstić information content (AvgIpc) is 2.45. The first-order chi connectivity index (χ1) is 9.50. The van der Waals surface area contributed by atoms with E-state index in [1.165, 1.54) is 12.1 Å². The van der Waals surface area contributed by atoms with E-state index in [0.29, 0.717) is 12.5 Å². The van der Waals surface area contributed by atoms with Gasteiger partial charge in [0, 0.05) is 25.2 Å². The van der Waals surface area contributed by atoms with Gasteiger partial charge in [0.15, 0.2) is 0 Å². The van der Waals surface area contributed by atoms with Crippen LogP contribution in [-0.2, 0) is 16.1 Å². The van der Waals surface area contributed by atoms with Gasteiger partial charge in [-0.1, -0.05) is 26.0 Å². The Morgan fingerprint density at radius 2 is 2.10 bits per heavy atom. The van der Waals surface area contributed by atoms with E-state index in [4.69, 9.17) is 4.74 Å². The monoisotopic (exact) mass is 279 g/mol. The van der Waals surface area contributed by atoms with Crippen molar-refractivity contribution in [1.82, 2.24) is 5.32 Å². The van der Waals surface area contributed by atoms with Gasteiger partial charge in [0.05, 0.1) is 0 Å². The van der Waals surface area contributed by atoms with Crippen LogP contribution in [0.25, 0.3) is 0 Å². The molecule has 0 saturated carbocycles. The summed E-state index contributed by atoms with van der Waals surface area (Å²) in [6.45, 7) is 5.77. The smallest absolute Gasteiger partial charge is 0.226 e. The first-order valence-electron chi connectivity index (χ1n) is 7.10. The van der Waals surface area contributed by atoms with Gasteiger partial charge in [-0.3, -0.25) is 4.79 Å². The number of nitrogens with one attached hydrogen (secondary N) is 1. The highest BCUT2D eigenvalue weighted by atomic mass is 19.1. The van der Waals surface area contributed by atoms with Gasteiger partial charge >= 0.3 is 0 Å². The summed E-state index contributed by atoms with van der Waals surface area (Å²) < 4.78 is 18.4. The van der Waals surface area contributed by atoms with E-state index in [-0.39, 0.29) is 11.7 Å². The van der Waals surface area contributed by atoms with Gasteiger partial charge in [-0.25, -0.2) is 4.39 Å².